The highest BCUT2D eigenvalue weighted by Crippen LogP contribution is 2.26. The Hall–Kier alpha value is -2.62. The van der Waals surface area contributed by atoms with Gasteiger partial charge in [-0.25, -0.2) is 0 Å². The Labute approximate surface area is 129 Å². The zero-order valence-corrected chi connectivity index (χ0v) is 12.1. The molecule has 112 valence electrons. The third kappa shape index (κ3) is 3.17. The summed E-state index contributed by atoms with van der Waals surface area (Å²) < 4.78 is 5.72. The summed E-state index contributed by atoms with van der Waals surface area (Å²) in [6, 6.07) is 17.3. The minimum absolute atomic E-state index is 0.00458. The molecule has 1 unspecified atom stereocenters. The molecule has 0 radical (unpaired) electrons. The quantitative estimate of drug-likeness (QED) is 0.797. The fraction of sp³-hybridized carbons (Fsp3) is 0.222. The summed E-state index contributed by atoms with van der Waals surface area (Å²) in [4.78, 5) is 24.3. The molecule has 1 saturated heterocycles. The van der Waals surface area contributed by atoms with E-state index in [1.807, 2.05) is 54.6 Å². The first-order chi connectivity index (χ1) is 10.8. The summed E-state index contributed by atoms with van der Waals surface area (Å²) in [5.41, 5.74) is 1.91. The molecule has 1 aliphatic heterocycles. The maximum atomic E-state index is 11.9. The van der Waals surface area contributed by atoms with Gasteiger partial charge in [0.1, 0.15) is 18.6 Å². The Balaban J connectivity index is 1.63. The van der Waals surface area contributed by atoms with E-state index in [2.05, 4.69) is 0 Å². The predicted molar refractivity (Wildman–Crippen MR) is 83.7 cm³/mol. The molecule has 0 bridgehead atoms. The van der Waals surface area contributed by atoms with Crippen LogP contribution in [-0.2, 0) is 16.2 Å². The largest absolute Gasteiger partial charge is 0.489 e. The Kier molecular flexibility index (Phi) is 4.19. The van der Waals surface area contributed by atoms with Gasteiger partial charge in [-0.15, -0.1) is 0 Å². The van der Waals surface area contributed by atoms with Crippen LogP contribution in [-0.4, -0.2) is 18.7 Å². The summed E-state index contributed by atoms with van der Waals surface area (Å²) in [5.74, 6) is 0.558. The molecule has 4 nitrogen and oxygen atoms in total. The van der Waals surface area contributed by atoms with Gasteiger partial charge in [-0.1, -0.05) is 30.3 Å². The van der Waals surface area contributed by atoms with Gasteiger partial charge in [-0.3, -0.25) is 4.79 Å². The van der Waals surface area contributed by atoms with E-state index in [1.54, 1.807) is 4.90 Å². The average molecular weight is 295 g/mol. The van der Waals surface area contributed by atoms with Crippen molar-refractivity contribution in [3.05, 3.63) is 60.2 Å². The van der Waals surface area contributed by atoms with Crippen LogP contribution in [0.1, 0.15) is 12.0 Å². The highest BCUT2D eigenvalue weighted by atomic mass is 16.5. The first-order valence-electron chi connectivity index (χ1n) is 7.29. The van der Waals surface area contributed by atoms with Gasteiger partial charge in [0.2, 0.25) is 5.91 Å². The van der Waals surface area contributed by atoms with E-state index in [-0.39, 0.29) is 11.8 Å². The Morgan fingerprint density at radius 3 is 2.45 bits per heavy atom. The second-order valence-electron chi connectivity index (χ2n) is 5.37. The highest BCUT2D eigenvalue weighted by Gasteiger charge is 2.30. The first kappa shape index (κ1) is 14.3. The van der Waals surface area contributed by atoms with Gasteiger partial charge < -0.3 is 14.4 Å². The topological polar surface area (TPSA) is 46.6 Å². The molecular weight excluding hydrogens is 278 g/mol. The van der Waals surface area contributed by atoms with Crippen LogP contribution in [0, 0.1) is 5.92 Å². The molecule has 1 aliphatic rings. The molecule has 0 spiro atoms. The van der Waals surface area contributed by atoms with E-state index in [9.17, 15) is 9.59 Å². The van der Waals surface area contributed by atoms with Crippen molar-refractivity contribution in [2.45, 2.75) is 13.0 Å². The molecule has 1 heterocycles. The number of rotatable bonds is 5. The smallest absolute Gasteiger partial charge is 0.227 e. The monoisotopic (exact) mass is 295 g/mol. The van der Waals surface area contributed by atoms with Crippen molar-refractivity contribution in [2.75, 3.05) is 11.4 Å². The molecule has 0 saturated carbocycles. The van der Waals surface area contributed by atoms with Crippen molar-refractivity contribution in [1.29, 1.82) is 0 Å². The minimum atomic E-state index is -0.193. The maximum Gasteiger partial charge on any atom is 0.227 e. The molecule has 0 aliphatic carbocycles. The second kappa shape index (κ2) is 6.43. The number of carbonyl (C=O) groups is 2. The number of nitrogens with zero attached hydrogens (tertiary/aromatic N) is 1. The van der Waals surface area contributed by atoms with Gasteiger partial charge >= 0.3 is 0 Å². The number of anilines is 1. The fourth-order valence-electron chi connectivity index (χ4n) is 2.54. The van der Waals surface area contributed by atoms with Gasteiger partial charge in [0.25, 0.3) is 0 Å². The molecule has 1 amide bonds. The number of hydrogen-bond acceptors (Lipinski definition) is 3. The molecular formula is C18H17NO3. The van der Waals surface area contributed by atoms with Crippen LogP contribution >= 0.6 is 0 Å². The number of aldehydes is 1. The third-order valence-corrected chi connectivity index (χ3v) is 3.74. The summed E-state index contributed by atoms with van der Waals surface area (Å²) in [6.07, 6.45) is 1.16. The Bertz CT molecular complexity index is 652. The van der Waals surface area contributed by atoms with E-state index in [0.717, 1.165) is 23.3 Å². The van der Waals surface area contributed by atoms with E-state index in [1.165, 1.54) is 0 Å². The lowest BCUT2D eigenvalue weighted by molar-refractivity contribution is -0.119. The SMILES string of the molecule is O=CC1CC(=O)N(c2ccc(OCc3ccccc3)cc2)C1. The zero-order chi connectivity index (χ0) is 15.4. The second-order valence-corrected chi connectivity index (χ2v) is 5.37. The van der Waals surface area contributed by atoms with E-state index in [0.29, 0.717) is 19.6 Å². The zero-order valence-electron chi connectivity index (χ0n) is 12.1. The normalized spacial score (nSPS) is 17.5. The van der Waals surface area contributed by atoms with Crippen LogP contribution in [0.25, 0.3) is 0 Å². The molecule has 2 aromatic carbocycles. The summed E-state index contributed by atoms with van der Waals surface area (Å²) in [5, 5.41) is 0. The Morgan fingerprint density at radius 2 is 1.82 bits per heavy atom. The van der Waals surface area contributed by atoms with Crippen molar-refractivity contribution in [2.24, 2.45) is 5.92 Å². The number of hydrogen-bond donors (Lipinski definition) is 0. The lowest BCUT2D eigenvalue weighted by Gasteiger charge is -2.16. The molecule has 2 aromatic rings. The lowest BCUT2D eigenvalue weighted by atomic mass is 10.1. The van der Waals surface area contributed by atoms with Crippen molar-refractivity contribution in [3.63, 3.8) is 0 Å². The summed E-state index contributed by atoms with van der Waals surface area (Å²) in [6.45, 7) is 0.975. The van der Waals surface area contributed by atoms with Crippen molar-refractivity contribution in [3.8, 4) is 5.75 Å². The van der Waals surface area contributed by atoms with Crippen LogP contribution in [0.5, 0.6) is 5.75 Å². The molecule has 0 aromatic heterocycles. The first-order valence-corrected chi connectivity index (χ1v) is 7.29. The van der Waals surface area contributed by atoms with Gasteiger partial charge in [-0.2, -0.15) is 0 Å². The molecule has 22 heavy (non-hydrogen) atoms. The highest BCUT2D eigenvalue weighted by molar-refractivity contribution is 5.97. The molecule has 0 N–H and O–H groups in total. The van der Waals surface area contributed by atoms with Crippen LogP contribution in [0.4, 0.5) is 5.69 Å². The van der Waals surface area contributed by atoms with Crippen molar-refractivity contribution in [1.82, 2.24) is 0 Å². The molecule has 1 fully saturated rings. The van der Waals surface area contributed by atoms with E-state index < -0.39 is 0 Å². The number of benzene rings is 2. The average Bonchev–Trinajstić information content (AvgIpc) is 2.95. The van der Waals surface area contributed by atoms with Gasteiger partial charge in [-0.05, 0) is 29.8 Å². The summed E-state index contributed by atoms with van der Waals surface area (Å²) >= 11 is 0. The molecule has 1 atom stereocenters. The minimum Gasteiger partial charge on any atom is -0.489 e. The van der Waals surface area contributed by atoms with Crippen LogP contribution in [0.15, 0.2) is 54.6 Å². The standard InChI is InChI=1S/C18H17NO3/c20-12-15-10-18(21)19(11-15)16-6-8-17(9-7-16)22-13-14-4-2-1-3-5-14/h1-9,12,15H,10-11,13H2. The predicted octanol–water partition coefficient (Wildman–Crippen LogP) is 2.82. The maximum absolute atomic E-state index is 11.9. The third-order valence-electron chi connectivity index (χ3n) is 3.74. The number of ether oxygens (including phenoxy) is 1. The lowest BCUT2D eigenvalue weighted by Crippen LogP contribution is -2.24. The Morgan fingerprint density at radius 1 is 1.09 bits per heavy atom. The van der Waals surface area contributed by atoms with E-state index in [4.69, 9.17) is 4.74 Å². The van der Waals surface area contributed by atoms with Crippen molar-refractivity contribution >= 4 is 17.9 Å². The van der Waals surface area contributed by atoms with Crippen LogP contribution in [0.3, 0.4) is 0 Å². The van der Waals surface area contributed by atoms with Crippen LogP contribution in [0.2, 0.25) is 0 Å². The number of carbonyl (C=O) groups excluding carboxylic acids is 2. The van der Waals surface area contributed by atoms with Crippen molar-refractivity contribution < 1.29 is 14.3 Å². The van der Waals surface area contributed by atoms with Gasteiger partial charge in [0.15, 0.2) is 0 Å². The molecule has 3 rings (SSSR count). The van der Waals surface area contributed by atoms with Crippen LogP contribution < -0.4 is 9.64 Å². The number of amides is 1. The van der Waals surface area contributed by atoms with Gasteiger partial charge in [0, 0.05) is 24.6 Å². The summed E-state index contributed by atoms with van der Waals surface area (Å²) in [7, 11) is 0. The van der Waals surface area contributed by atoms with E-state index >= 15 is 0 Å². The molecule has 4 heteroatoms. The fourth-order valence-corrected chi connectivity index (χ4v) is 2.54. The van der Waals surface area contributed by atoms with Gasteiger partial charge in [0.05, 0.1) is 0 Å².